The molecule has 0 aliphatic carbocycles. The van der Waals surface area contributed by atoms with Gasteiger partial charge in [-0.3, -0.25) is 0 Å². The average molecular weight is 341 g/mol. The molecule has 0 aromatic carbocycles. The van der Waals surface area contributed by atoms with E-state index in [9.17, 15) is 8.42 Å². The van der Waals surface area contributed by atoms with Crippen molar-refractivity contribution in [2.24, 2.45) is 0 Å². The van der Waals surface area contributed by atoms with E-state index in [0.717, 1.165) is 0 Å². The Bertz CT molecular complexity index is 716. The van der Waals surface area contributed by atoms with E-state index in [0.29, 0.717) is 35.5 Å². The predicted octanol–water partition coefficient (Wildman–Crippen LogP) is 1.39. The number of ether oxygens (including phenoxy) is 2. The number of thiophene rings is 1. The molecule has 2 aromatic rings. The fourth-order valence-corrected chi connectivity index (χ4v) is 4.83. The van der Waals surface area contributed by atoms with Crippen molar-refractivity contribution < 1.29 is 17.9 Å². The minimum absolute atomic E-state index is 0.225. The molecule has 1 saturated heterocycles. The van der Waals surface area contributed by atoms with Crippen LogP contribution in [-0.4, -0.2) is 49.2 Å². The Labute approximate surface area is 132 Å². The molecule has 22 heavy (non-hydrogen) atoms. The monoisotopic (exact) mass is 341 g/mol. The topological polar surface area (TPSA) is 81.6 Å². The van der Waals surface area contributed by atoms with Crippen molar-refractivity contribution in [1.82, 2.24) is 14.5 Å². The third kappa shape index (κ3) is 3.06. The Morgan fingerprint density at radius 1 is 1.27 bits per heavy atom. The minimum Gasteiger partial charge on any atom is -0.480 e. The zero-order chi connectivity index (χ0) is 15.6. The summed E-state index contributed by atoms with van der Waals surface area (Å²) >= 11 is 1.22. The first kappa shape index (κ1) is 15.2. The van der Waals surface area contributed by atoms with E-state index >= 15 is 0 Å². The van der Waals surface area contributed by atoms with Gasteiger partial charge in [0.25, 0.3) is 10.0 Å². The number of rotatable bonds is 5. The lowest BCUT2D eigenvalue weighted by molar-refractivity contribution is 0.203. The van der Waals surface area contributed by atoms with E-state index in [2.05, 4.69) is 10.2 Å². The Kier molecular flexibility index (Phi) is 4.27. The number of hydrogen-bond acceptors (Lipinski definition) is 7. The second-order valence-electron chi connectivity index (χ2n) is 4.74. The van der Waals surface area contributed by atoms with E-state index in [1.807, 2.05) is 0 Å². The lowest BCUT2D eigenvalue weighted by atomic mass is 10.3. The van der Waals surface area contributed by atoms with Gasteiger partial charge in [0.15, 0.2) is 0 Å². The molecule has 0 bridgehead atoms. The molecule has 0 saturated carbocycles. The summed E-state index contributed by atoms with van der Waals surface area (Å²) in [4.78, 5) is 0. The third-order valence-corrected chi connectivity index (χ3v) is 6.55. The van der Waals surface area contributed by atoms with Crippen LogP contribution in [0.5, 0.6) is 11.8 Å². The van der Waals surface area contributed by atoms with Gasteiger partial charge in [-0.05, 0) is 17.9 Å². The van der Waals surface area contributed by atoms with Crippen LogP contribution in [0.4, 0.5) is 0 Å². The molecule has 0 radical (unpaired) electrons. The van der Waals surface area contributed by atoms with Crippen LogP contribution in [-0.2, 0) is 10.0 Å². The summed E-state index contributed by atoms with van der Waals surface area (Å²) in [6.45, 7) is 0.752. The largest absolute Gasteiger partial charge is 0.480 e. The third-order valence-electron chi connectivity index (χ3n) is 3.31. The first-order valence-electron chi connectivity index (χ1n) is 6.67. The first-order chi connectivity index (χ1) is 10.6. The highest BCUT2D eigenvalue weighted by molar-refractivity contribution is 7.91. The summed E-state index contributed by atoms with van der Waals surface area (Å²) in [6, 6.07) is 6.65. The highest BCUT2D eigenvalue weighted by atomic mass is 32.2. The maximum atomic E-state index is 12.4. The van der Waals surface area contributed by atoms with Crippen molar-refractivity contribution in [2.45, 2.75) is 16.7 Å². The smallest absolute Gasteiger partial charge is 0.252 e. The van der Waals surface area contributed by atoms with Gasteiger partial charge in [0.1, 0.15) is 10.3 Å². The van der Waals surface area contributed by atoms with E-state index in [4.69, 9.17) is 9.47 Å². The highest BCUT2D eigenvalue weighted by Gasteiger charge is 2.34. The second kappa shape index (κ2) is 6.19. The Hall–Kier alpha value is -1.71. The van der Waals surface area contributed by atoms with E-state index in [1.54, 1.807) is 29.6 Å². The molecule has 0 spiro atoms. The van der Waals surface area contributed by atoms with E-state index in [-0.39, 0.29) is 6.10 Å². The standard InChI is InChI=1S/C13H15N3O4S2/c1-19-11-4-5-12(15-14-11)20-10-6-7-16(9-10)22(17,18)13-3-2-8-21-13/h2-5,8,10H,6-7,9H2,1H3/t10-/m0/s1. The van der Waals surface area contributed by atoms with Gasteiger partial charge in [-0.25, -0.2) is 8.42 Å². The van der Waals surface area contributed by atoms with Gasteiger partial charge in [-0.15, -0.1) is 21.5 Å². The maximum absolute atomic E-state index is 12.4. The van der Waals surface area contributed by atoms with Crippen LogP contribution in [0, 0.1) is 0 Å². The van der Waals surface area contributed by atoms with Crippen LogP contribution < -0.4 is 9.47 Å². The summed E-state index contributed by atoms with van der Waals surface area (Å²) in [7, 11) is -1.91. The Morgan fingerprint density at radius 2 is 2.05 bits per heavy atom. The molecular weight excluding hydrogens is 326 g/mol. The average Bonchev–Trinajstić information content (AvgIpc) is 3.20. The van der Waals surface area contributed by atoms with Gasteiger partial charge in [0.05, 0.1) is 13.7 Å². The summed E-state index contributed by atoms with van der Waals surface area (Å²) < 4.78 is 37.2. The zero-order valence-corrected chi connectivity index (χ0v) is 13.5. The van der Waals surface area contributed by atoms with Crippen molar-refractivity contribution in [3.8, 4) is 11.8 Å². The van der Waals surface area contributed by atoms with Crippen molar-refractivity contribution in [1.29, 1.82) is 0 Å². The van der Waals surface area contributed by atoms with Gasteiger partial charge in [-0.1, -0.05) is 6.07 Å². The van der Waals surface area contributed by atoms with Crippen LogP contribution >= 0.6 is 11.3 Å². The molecule has 9 heteroatoms. The molecule has 1 atom stereocenters. The SMILES string of the molecule is COc1ccc(O[C@H]2CCN(S(=O)(=O)c3cccs3)C2)nn1. The fourth-order valence-electron chi connectivity index (χ4n) is 2.20. The fraction of sp³-hybridized carbons (Fsp3) is 0.385. The summed E-state index contributed by atoms with van der Waals surface area (Å²) in [5, 5.41) is 9.46. The van der Waals surface area contributed by atoms with Crippen LogP contribution in [0.15, 0.2) is 33.9 Å². The lowest BCUT2D eigenvalue weighted by Gasteiger charge is -2.15. The quantitative estimate of drug-likeness (QED) is 0.817. The van der Waals surface area contributed by atoms with E-state index in [1.165, 1.54) is 22.8 Å². The summed E-state index contributed by atoms with van der Waals surface area (Å²) in [6.07, 6.45) is 0.399. The molecule has 0 amide bonds. The second-order valence-corrected chi connectivity index (χ2v) is 7.85. The van der Waals surface area contributed by atoms with Crippen LogP contribution in [0.1, 0.15) is 6.42 Å². The molecule has 3 heterocycles. The summed E-state index contributed by atoms with van der Waals surface area (Å²) in [5.41, 5.74) is 0. The number of sulfonamides is 1. The zero-order valence-electron chi connectivity index (χ0n) is 11.9. The van der Waals surface area contributed by atoms with Crippen LogP contribution in [0.3, 0.4) is 0 Å². The first-order valence-corrected chi connectivity index (χ1v) is 8.99. The molecular formula is C13H15N3O4S2. The molecule has 3 rings (SSSR count). The van der Waals surface area contributed by atoms with Crippen molar-refractivity contribution in [3.05, 3.63) is 29.6 Å². The number of nitrogens with zero attached hydrogens (tertiary/aromatic N) is 3. The molecule has 118 valence electrons. The molecule has 2 aromatic heterocycles. The van der Waals surface area contributed by atoms with Gasteiger partial charge in [0, 0.05) is 18.7 Å². The molecule has 1 fully saturated rings. The van der Waals surface area contributed by atoms with Crippen LogP contribution in [0.2, 0.25) is 0 Å². The number of methoxy groups -OCH3 is 1. The minimum atomic E-state index is -3.42. The summed E-state index contributed by atoms with van der Waals surface area (Å²) in [5.74, 6) is 0.766. The highest BCUT2D eigenvalue weighted by Crippen LogP contribution is 2.26. The van der Waals surface area contributed by atoms with Crippen molar-refractivity contribution >= 4 is 21.4 Å². The maximum Gasteiger partial charge on any atom is 0.252 e. The normalized spacial score (nSPS) is 19.2. The van der Waals surface area contributed by atoms with Gasteiger partial charge in [-0.2, -0.15) is 4.31 Å². The Morgan fingerprint density at radius 3 is 2.68 bits per heavy atom. The molecule has 1 aliphatic heterocycles. The van der Waals surface area contributed by atoms with Gasteiger partial charge < -0.3 is 9.47 Å². The molecule has 1 aliphatic rings. The van der Waals surface area contributed by atoms with Crippen LogP contribution in [0.25, 0.3) is 0 Å². The molecule has 7 nitrogen and oxygen atoms in total. The van der Waals surface area contributed by atoms with Gasteiger partial charge in [0.2, 0.25) is 11.8 Å². The lowest BCUT2D eigenvalue weighted by Crippen LogP contribution is -2.30. The van der Waals surface area contributed by atoms with Crippen molar-refractivity contribution in [3.63, 3.8) is 0 Å². The van der Waals surface area contributed by atoms with Crippen molar-refractivity contribution in [2.75, 3.05) is 20.2 Å². The molecule has 0 unspecified atom stereocenters. The molecule has 0 N–H and O–H groups in total. The van der Waals surface area contributed by atoms with Gasteiger partial charge >= 0.3 is 0 Å². The number of aromatic nitrogens is 2. The Balaban J connectivity index is 1.65. The predicted molar refractivity (Wildman–Crippen MR) is 80.7 cm³/mol. The van der Waals surface area contributed by atoms with E-state index < -0.39 is 10.0 Å². The number of hydrogen-bond donors (Lipinski definition) is 0.